The monoisotopic (exact) mass is 606 g/mol. The lowest BCUT2D eigenvalue weighted by atomic mass is 9.90. The van der Waals surface area contributed by atoms with Gasteiger partial charge >= 0.3 is 12.1 Å². The van der Waals surface area contributed by atoms with Gasteiger partial charge in [-0.3, -0.25) is 14.9 Å². The molecule has 13 heteroatoms. The van der Waals surface area contributed by atoms with Crippen molar-refractivity contribution in [1.82, 2.24) is 15.5 Å². The van der Waals surface area contributed by atoms with Gasteiger partial charge in [0.05, 0.1) is 6.04 Å². The van der Waals surface area contributed by atoms with Crippen LogP contribution in [0.15, 0.2) is 66.7 Å². The first-order chi connectivity index (χ1) is 20.0. The van der Waals surface area contributed by atoms with E-state index < -0.39 is 12.1 Å². The second-order valence-electron chi connectivity index (χ2n) is 9.53. The Morgan fingerprint density at radius 3 is 2.38 bits per heavy atom. The molecule has 1 aliphatic heterocycles. The molecule has 0 unspecified atom stereocenters. The lowest BCUT2D eigenvalue weighted by Gasteiger charge is -2.23. The van der Waals surface area contributed by atoms with E-state index in [0.29, 0.717) is 16.6 Å². The van der Waals surface area contributed by atoms with E-state index in [1.807, 2.05) is 24.3 Å². The fourth-order valence-corrected chi connectivity index (χ4v) is 4.90. The first-order valence-corrected chi connectivity index (χ1v) is 14.0. The number of anilines is 1. The van der Waals surface area contributed by atoms with Crippen LogP contribution >= 0.6 is 11.3 Å². The summed E-state index contributed by atoms with van der Waals surface area (Å²) in [7, 11) is 0. The summed E-state index contributed by atoms with van der Waals surface area (Å²) in [4.78, 5) is 34.3. The predicted octanol–water partition coefficient (Wildman–Crippen LogP) is 5.82. The molecule has 1 saturated heterocycles. The van der Waals surface area contributed by atoms with Crippen LogP contribution in [0.1, 0.15) is 37.7 Å². The minimum absolute atomic E-state index is 0.0404. The Hall–Kier alpha value is -3.97. The highest BCUT2D eigenvalue weighted by molar-refractivity contribution is 7.18. The number of halogens is 4. The summed E-state index contributed by atoms with van der Waals surface area (Å²) >= 11 is 1.22. The molecule has 0 spiro atoms. The molecule has 1 aromatic heterocycles. The zero-order chi connectivity index (χ0) is 30.5. The predicted molar refractivity (Wildman–Crippen MR) is 150 cm³/mol. The molecule has 2 heterocycles. The maximum absolute atomic E-state index is 13.1. The van der Waals surface area contributed by atoms with Crippen LogP contribution in [-0.4, -0.2) is 51.7 Å². The van der Waals surface area contributed by atoms with Crippen LogP contribution < -0.4 is 10.6 Å². The number of carbonyl (C=O) groups is 3. The molecule has 0 radical (unpaired) electrons. The Kier molecular flexibility index (Phi) is 12.3. The molecule has 224 valence electrons. The molecular formula is C29H30F4N4O4S. The fourth-order valence-electron chi connectivity index (χ4n) is 4.14. The minimum Gasteiger partial charge on any atom is -0.475 e. The van der Waals surface area contributed by atoms with Crippen LogP contribution in [0, 0.1) is 11.7 Å². The number of piperidine rings is 1. The van der Waals surface area contributed by atoms with E-state index in [1.165, 1.54) is 35.1 Å². The SMILES string of the molecule is O=C(/C=C/[C@H](CCc1ccccc1)CC(=O)[C@@H]1CCCCN1)Nc1nnc(-c2ccc(F)cc2)s1.O=C(O)C(F)(F)F. The maximum atomic E-state index is 13.1. The van der Waals surface area contributed by atoms with E-state index in [1.54, 1.807) is 12.1 Å². The molecule has 2 atom stereocenters. The van der Waals surface area contributed by atoms with Crippen LogP contribution in [0.25, 0.3) is 10.6 Å². The summed E-state index contributed by atoms with van der Waals surface area (Å²) in [6.45, 7) is 0.880. The standard InChI is InChI=1S/C27H29FN4O2S.C2HF3O2/c28-22-14-12-21(13-15-22)26-31-32-27(35-26)30-25(34)16-11-20(10-9-19-6-2-1-3-7-19)18-24(33)23-8-4-5-17-29-23;3-2(4,5)1(6)7/h1-3,6-7,11-16,20,23,29H,4-5,8-10,17-18H2,(H,30,32,34);(H,6,7)/b16-11+;/t20-,23-;/m0./s1. The molecule has 2 aromatic carbocycles. The number of carboxylic acid groups (broad SMARTS) is 1. The van der Waals surface area contributed by atoms with Crippen LogP contribution in [0.4, 0.5) is 22.7 Å². The first-order valence-electron chi connectivity index (χ1n) is 13.2. The van der Waals surface area contributed by atoms with Gasteiger partial charge in [0.2, 0.25) is 11.0 Å². The molecular weight excluding hydrogens is 576 g/mol. The lowest BCUT2D eigenvalue weighted by molar-refractivity contribution is -0.192. The number of aryl methyl sites for hydroxylation is 1. The van der Waals surface area contributed by atoms with Crippen LogP contribution in [0.3, 0.4) is 0 Å². The third-order valence-corrected chi connectivity index (χ3v) is 7.21. The van der Waals surface area contributed by atoms with Gasteiger partial charge in [-0.2, -0.15) is 13.2 Å². The highest BCUT2D eigenvalue weighted by atomic mass is 32.1. The van der Waals surface area contributed by atoms with Crippen molar-refractivity contribution in [2.45, 2.75) is 50.7 Å². The van der Waals surface area contributed by atoms with Gasteiger partial charge in [0, 0.05) is 12.0 Å². The number of amides is 1. The summed E-state index contributed by atoms with van der Waals surface area (Å²) in [6.07, 6.45) is 3.30. The molecule has 42 heavy (non-hydrogen) atoms. The van der Waals surface area contributed by atoms with E-state index in [9.17, 15) is 27.2 Å². The topological polar surface area (TPSA) is 121 Å². The second kappa shape index (κ2) is 15.9. The number of aliphatic carboxylic acids is 1. The number of benzene rings is 2. The number of hydrogen-bond acceptors (Lipinski definition) is 7. The van der Waals surface area contributed by atoms with Gasteiger partial charge in [0.15, 0.2) is 0 Å². The van der Waals surface area contributed by atoms with Crippen molar-refractivity contribution < 1.29 is 37.1 Å². The highest BCUT2D eigenvalue weighted by Gasteiger charge is 2.38. The van der Waals surface area contributed by atoms with E-state index in [4.69, 9.17) is 9.90 Å². The summed E-state index contributed by atoms with van der Waals surface area (Å²) in [5.41, 5.74) is 1.94. The third kappa shape index (κ3) is 11.1. The van der Waals surface area contributed by atoms with Crippen molar-refractivity contribution in [3.05, 3.63) is 78.1 Å². The number of allylic oxidation sites excluding steroid dienone is 1. The Balaban J connectivity index is 0.000000616. The number of ketones is 1. The average Bonchev–Trinajstić information content (AvgIpc) is 3.44. The van der Waals surface area contributed by atoms with Gasteiger partial charge in [-0.15, -0.1) is 10.2 Å². The smallest absolute Gasteiger partial charge is 0.475 e. The number of carbonyl (C=O) groups excluding carboxylic acids is 2. The Labute approximate surface area is 243 Å². The number of alkyl halides is 3. The van der Waals surface area contributed by atoms with Gasteiger partial charge in [0.25, 0.3) is 0 Å². The number of carboxylic acids is 1. The molecule has 1 fully saturated rings. The van der Waals surface area contributed by atoms with Crippen molar-refractivity contribution in [3.63, 3.8) is 0 Å². The molecule has 1 amide bonds. The second-order valence-corrected chi connectivity index (χ2v) is 10.5. The Morgan fingerprint density at radius 1 is 1.07 bits per heavy atom. The number of rotatable bonds is 10. The summed E-state index contributed by atoms with van der Waals surface area (Å²) in [6, 6.07) is 16.0. The van der Waals surface area contributed by atoms with Crippen LogP contribution in [0.5, 0.6) is 0 Å². The highest BCUT2D eigenvalue weighted by Crippen LogP contribution is 2.26. The molecule has 1 aliphatic rings. The van der Waals surface area contributed by atoms with Crippen LogP contribution in [0.2, 0.25) is 0 Å². The van der Waals surface area contributed by atoms with E-state index in [2.05, 4.69) is 33.0 Å². The van der Waals surface area contributed by atoms with Gasteiger partial charge in [-0.1, -0.05) is 54.2 Å². The van der Waals surface area contributed by atoms with Crippen molar-refractivity contribution in [2.75, 3.05) is 11.9 Å². The largest absolute Gasteiger partial charge is 0.490 e. The first kappa shape index (κ1) is 32.5. The zero-order valence-corrected chi connectivity index (χ0v) is 23.3. The summed E-state index contributed by atoms with van der Waals surface area (Å²) in [5, 5.41) is 22.2. The van der Waals surface area contributed by atoms with Crippen LogP contribution in [-0.2, 0) is 20.8 Å². The van der Waals surface area contributed by atoms with Gasteiger partial charge in [-0.05, 0) is 74.1 Å². The lowest BCUT2D eigenvalue weighted by Crippen LogP contribution is -2.41. The van der Waals surface area contributed by atoms with E-state index in [0.717, 1.165) is 44.2 Å². The number of Topliss-reactive ketones (excluding diaryl/α,β-unsaturated/α-hetero) is 1. The minimum atomic E-state index is -5.08. The average molecular weight is 607 g/mol. The van der Waals surface area contributed by atoms with Gasteiger partial charge in [-0.25, -0.2) is 9.18 Å². The molecule has 0 aliphatic carbocycles. The van der Waals surface area contributed by atoms with Gasteiger partial charge < -0.3 is 10.4 Å². The van der Waals surface area contributed by atoms with Crippen molar-refractivity contribution in [3.8, 4) is 10.6 Å². The molecule has 8 nitrogen and oxygen atoms in total. The van der Waals surface area contributed by atoms with Gasteiger partial charge in [0.1, 0.15) is 16.6 Å². The van der Waals surface area contributed by atoms with Crippen molar-refractivity contribution in [2.24, 2.45) is 5.92 Å². The molecule has 4 rings (SSSR count). The normalized spacial score (nSPS) is 15.9. The molecule has 3 N–H and O–H groups in total. The maximum Gasteiger partial charge on any atom is 0.490 e. The quantitative estimate of drug-likeness (QED) is 0.196. The van der Waals surface area contributed by atoms with E-state index in [-0.39, 0.29) is 29.5 Å². The number of nitrogens with zero attached hydrogens (tertiary/aromatic N) is 2. The van der Waals surface area contributed by atoms with Crippen molar-refractivity contribution in [1.29, 1.82) is 0 Å². The molecule has 3 aromatic rings. The number of aromatic nitrogens is 2. The zero-order valence-electron chi connectivity index (χ0n) is 22.4. The molecule has 0 bridgehead atoms. The van der Waals surface area contributed by atoms with E-state index >= 15 is 0 Å². The third-order valence-electron chi connectivity index (χ3n) is 6.32. The Morgan fingerprint density at radius 2 is 1.76 bits per heavy atom. The number of hydrogen-bond donors (Lipinski definition) is 3. The summed E-state index contributed by atoms with van der Waals surface area (Å²) < 4.78 is 44.9. The Bertz CT molecular complexity index is 1340. The molecule has 0 saturated carbocycles. The fraction of sp³-hybridized carbons (Fsp3) is 0.345. The number of nitrogens with one attached hydrogen (secondary N) is 2. The summed E-state index contributed by atoms with van der Waals surface area (Å²) in [5.74, 6) is -3.23. The van der Waals surface area contributed by atoms with Crippen molar-refractivity contribution >= 4 is 34.1 Å².